The molecule has 0 aromatic heterocycles. The van der Waals surface area contributed by atoms with Gasteiger partial charge >= 0.3 is 11.9 Å². The highest BCUT2D eigenvalue weighted by atomic mass is 16.7. The van der Waals surface area contributed by atoms with Gasteiger partial charge in [0, 0.05) is 12.8 Å². The van der Waals surface area contributed by atoms with E-state index in [-0.39, 0.29) is 32.2 Å². The first-order valence-corrected chi connectivity index (χ1v) is 45.1. The normalized spacial score (nSPS) is 12.9. The van der Waals surface area contributed by atoms with Gasteiger partial charge in [0.2, 0.25) is 0 Å². The molecule has 0 radical (unpaired) electrons. The first kappa shape index (κ1) is 99.7. The number of rotatable bonds is 85. The second-order valence-corrected chi connectivity index (χ2v) is 31.9. The average Bonchev–Trinajstić information content (AvgIpc) is 0.985. The second-order valence-electron chi connectivity index (χ2n) is 31.9. The zero-order valence-corrected chi connectivity index (χ0v) is 69.2. The average molecular weight is 1450 g/mol. The third-order valence-electron chi connectivity index (χ3n) is 20.4. The van der Waals surface area contributed by atoms with Crippen molar-refractivity contribution in [2.24, 2.45) is 0 Å². The SMILES string of the molecule is CC/C=C\C/C=C\C/C=C\C/C=C\CCCCCCCCCCCCCCCCCCCCCCCCCCCCC(=O)OC(COC(=O)CCCCCCCCCCCCCCCCCCCCCCCCCCCCC/C=C\C/C=C\CCCCCCC)COC(OCC[N+](C)(C)C)C(=O)[O-]. The number of nitrogens with zero attached hydrogens (tertiary/aromatic N) is 1. The van der Waals surface area contributed by atoms with Crippen LogP contribution in [0, 0.1) is 0 Å². The molecule has 9 nitrogen and oxygen atoms in total. The lowest BCUT2D eigenvalue weighted by atomic mass is 10.0. The van der Waals surface area contributed by atoms with E-state index in [9.17, 15) is 19.5 Å². The fourth-order valence-corrected chi connectivity index (χ4v) is 13.6. The molecular formula is C94H173NO8. The van der Waals surface area contributed by atoms with Crippen molar-refractivity contribution in [3.8, 4) is 0 Å². The number of likely N-dealkylation sites (N-methyl/N-ethyl adjacent to an activating group) is 1. The molecule has 0 spiro atoms. The summed E-state index contributed by atoms with van der Waals surface area (Å²) >= 11 is 0. The van der Waals surface area contributed by atoms with E-state index >= 15 is 0 Å². The first-order valence-electron chi connectivity index (χ1n) is 45.1. The summed E-state index contributed by atoms with van der Waals surface area (Å²) in [6.45, 7) is 4.70. The van der Waals surface area contributed by atoms with E-state index in [2.05, 4.69) is 86.8 Å². The van der Waals surface area contributed by atoms with E-state index in [1.54, 1.807) is 0 Å². The molecule has 0 aliphatic carbocycles. The minimum atomic E-state index is -1.62. The van der Waals surface area contributed by atoms with Crippen LogP contribution in [0.15, 0.2) is 72.9 Å². The zero-order chi connectivity index (χ0) is 74.6. The van der Waals surface area contributed by atoms with Crippen LogP contribution in [0.1, 0.15) is 450 Å². The third-order valence-corrected chi connectivity index (χ3v) is 20.4. The van der Waals surface area contributed by atoms with Crippen molar-refractivity contribution in [1.29, 1.82) is 0 Å². The quantitative estimate of drug-likeness (QED) is 0.0195. The summed E-state index contributed by atoms with van der Waals surface area (Å²) in [6, 6.07) is 0. The van der Waals surface area contributed by atoms with Gasteiger partial charge in [-0.15, -0.1) is 0 Å². The Morgan fingerprint density at radius 1 is 0.301 bits per heavy atom. The molecule has 0 fully saturated rings. The molecule has 103 heavy (non-hydrogen) atoms. The van der Waals surface area contributed by atoms with Gasteiger partial charge in [-0.05, 0) is 83.5 Å². The Bertz CT molecular complexity index is 1930. The number of carboxylic acid groups (broad SMARTS) is 1. The highest BCUT2D eigenvalue weighted by Crippen LogP contribution is 2.21. The lowest BCUT2D eigenvalue weighted by molar-refractivity contribution is -0.870. The highest BCUT2D eigenvalue weighted by molar-refractivity contribution is 5.70. The lowest BCUT2D eigenvalue weighted by Gasteiger charge is -2.26. The van der Waals surface area contributed by atoms with Crippen molar-refractivity contribution >= 4 is 17.9 Å². The van der Waals surface area contributed by atoms with Crippen LogP contribution in [0.2, 0.25) is 0 Å². The predicted octanol–water partition coefficient (Wildman–Crippen LogP) is 28.2. The molecule has 0 amide bonds. The number of allylic oxidation sites excluding steroid dienone is 12. The molecule has 0 aliphatic heterocycles. The minimum Gasteiger partial charge on any atom is -0.545 e. The van der Waals surface area contributed by atoms with Gasteiger partial charge in [-0.25, -0.2) is 0 Å². The Hall–Kier alpha value is -3.27. The number of hydrogen-bond acceptors (Lipinski definition) is 8. The largest absolute Gasteiger partial charge is 0.545 e. The van der Waals surface area contributed by atoms with Crippen LogP contribution in [0.4, 0.5) is 0 Å². The molecule has 2 unspecified atom stereocenters. The number of quaternary nitrogens is 1. The fraction of sp³-hybridized carbons (Fsp3) is 0.840. The van der Waals surface area contributed by atoms with E-state index in [0.717, 1.165) is 70.6 Å². The van der Waals surface area contributed by atoms with Gasteiger partial charge in [-0.1, -0.05) is 427 Å². The number of carbonyl (C=O) groups is 3. The second kappa shape index (κ2) is 84.4. The number of unbranched alkanes of at least 4 members (excludes halogenated alkanes) is 58. The molecule has 2 atom stereocenters. The van der Waals surface area contributed by atoms with Gasteiger partial charge in [-0.3, -0.25) is 9.59 Å². The number of aliphatic carboxylic acids is 1. The maximum absolute atomic E-state index is 13.0. The molecule has 0 saturated carbocycles. The van der Waals surface area contributed by atoms with Gasteiger partial charge in [-0.2, -0.15) is 0 Å². The first-order chi connectivity index (χ1) is 50.6. The zero-order valence-electron chi connectivity index (χ0n) is 69.2. The molecule has 602 valence electrons. The Labute approximate surface area is 640 Å². The van der Waals surface area contributed by atoms with E-state index in [0.29, 0.717) is 17.4 Å². The summed E-state index contributed by atoms with van der Waals surface area (Å²) in [5, 5.41) is 11.9. The Balaban J connectivity index is 3.89. The van der Waals surface area contributed by atoms with Crippen molar-refractivity contribution in [3.63, 3.8) is 0 Å². The Morgan fingerprint density at radius 3 is 0.825 bits per heavy atom. The molecule has 0 aromatic carbocycles. The topological polar surface area (TPSA) is 111 Å². The van der Waals surface area contributed by atoms with Crippen LogP contribution in [0.25, 0.3) is 0 Å². The maximum Gasteiger partial charge on any atom is 0.306 e. The molecule has 0 aromatic rings. The molecule has 0 saturated heterocycles. The monoisotopic (exact) mass is 1440 g/mol. The molecular weight excluding hydrogens is 1270 g/mol. The standard InChI is InChI=1S/C94H173NO8/c1-6-8-10-12-14-16-18-20-22-24-26-28-30-32-34-36-38-40-42-44-46-48-50-52-54-56-58-60-62-64-66-68-70-72-74-76-78-80-82-84-91(96)101-88-90(89-102-94(93(98)99)100-87-86-95(3,4)5)103-92(97)85-83-81-79-77-75-73-71-69-67-65-63-61-59-57-55-53-51-49-47-45-43-41-39-37-35-33-31-29-27-25-23-21-19-17-15-13-11-9-7-2/h9,11,15,17-18,20-21,23-24,26-27,29,90,94H,6-8,10,12-14,16,19,22,25,28,30-89H2,1-5H3/b11-9-,17-15-,20-18-,23-21-,26-24-,29-27-. The molecule has 9 heteroatoms. The van der Waals surface area contributed by atoms with Gasteiger partial charge in [0.15, 0.2) is 12.4 Å². The van der Waals surface area contributed by atoms with Gasteiger partial charge < -0.3 is 33.3 Å². The highest BCUT2D eigenvalue weighted by Gasteiger charge is 2.22. The van der Waals surface area contributed by atoms with Crippen LogP contribution in [0.5, 0.6) is 0 Å². The summed E-state index contributed by atoms with van der Waals surface area (Å²) in [4.78, 5) is 37.7. The summed E-state index contributed by atoms with van der Waals surface area (Å²) in [7, 11) is 5.96. The summed E-state index contributed by atoms with van der Waals surface area (Å²) in [6.07, 6.45) is 112. The molecule has 0 N–H and O–H groups in total. The molecule has 0 heterocycles. The molecule has 0 bridgehead atoms. The predicted molar refractivity (Wildman–Crippen MR) is 445 cm³/mol. The maximum atomic E-state index is 13.0. The lowest BCUT2D eigenvalue weighted by Crippen LogP contribution is -2.44. The van der Waals surface area contributed by atoms with Crippen molar-refractivity contribution < 1.29 is 42.9 Å². The Morgan fingerprint density at radius 2 is 0.553 bits per heavy atom. The van der Waals surface area contributed by atoms with E-state index in [4.69, 9.17) is 18.9 Å². The number of carboxylic acids is 1. The van der Waals surface area contributed by atoms with Crippen LogP contribution >= 0.6 is 0 Å². The van der Waals surface area contributed by atoms with Crippen LogP contribution in [-0.2, 0) is 33.3 Å². The number of hydrogen-bond donors (Lipinski definition) is 0. The van der Waals surface area contributed by atoms with Crippen LogP contribution in [-0.4, -0.2) is 82.3 Å². The number of carbonyl (C=O) groups excluding carboxylic acids is 3. The summed E-state index contributed by atoms with van der Waals surface area (Å²) < 4.78 is 22.9. The van der Waals surface area contributed by atoms with E-state index < -0.39 is 24.3 Å². The van der Waals surface area contributed by atoms with Crippen molar-refractivity contribution in [3.05, 3.63) is 72.9 Å². The summed E-state index contributed by atoms with van der Waals surface area (Å²) in [5.74, 6) is -2.25. The van der Waals surface area contributed by atoms with E-state index in [1.807, 2.05) is 21.1 Å². The fourth-order valence-electron chi connectivity index (χ4n) is 13.6. The van der Waals surface area contributed by atoms with Crippen molar-refractivity contribution in [1.82, 2.24) is 0 Å². The van der Waals surface area contributed by atoms with Crippen molar-refractivity contribution in [2.75, 3.05) is 47.5 Å². The number of esters is 2. The van der Waals surface area contributed by atoms with E-state index in [1.165, 1.54) is 353 Å². The molecule has 0 rings (SSSR count). The third kappa shape index (κ3) is 85.9. The minimum absolute atomic E-state index is 0.150. The van der Waals surface area contributed by atoms with Crippen molar-refractivity contribution in [2.45, 2.75) is 463 Å². The molecule has 0 aliphatic rings. The van der Waals surface area contributed by atoms with Gasteiger partial charge in [0.25, 0.3) is 0 Å². The van der Waals surface area contributed by atoms with Gasteiger partial charge in [0.1, 0.15) is 13.2 Å². The van der Waals surface area contributed by atoms with Crippen LogP contribution in [0.3, 0.4) is 0 Å². The smallest absolute Gasteiger partial charge is 0.306 e. The summed E-state index contributed by atoms with van der Waals surface area (Å²) in [5.41, 5.74) is 0. The van der Waals surface area contributed by atoms with Gasteiger partial charge in [0.05, 0.1) is 40.3 Å². The number of ether oxygens (including phenoxy) is 4. The van der Waals surface area contributed by atoms with Crippen LogP contribution < -0.4 is 5.11 Å². The Kier molecular flexibility index (Phi) is 81.7.